The highest BCUT2D eigenvalue weighted by Crippen LogP contribution is 2.37. The number of anilines is 1. The van der Waals surface area contributed by atoms with Crippen molar-refractivity contribution in [3.05, 3.63) is 71.1 Å². The molecule has 1 aliphatic heterocycles. The van der Waals surface area contributed by atoms with E-state index in [4.69, 9.17) is 26.4 Å². The zero-order chi connectivity index (χ0) is 26.9. The fourth-order valence-electron chi connectivity index (χ4n) is 5.64. The van der Waals surface area contributed by atoms with Crippen molar-refractivity contribution in [3.63, 3.8) is 0 Å². The van der Waals surface area contributed by atoms with E-state index in [1.807, 2.05) is 18.2 Å². The highest BCUT2D eigenvalue weighted by molar-refractivity contribution is 6.30. The summed E-state index contributed by atoms with van der Waals surface area (Å²) in [6.07, 6.45) is 7.10. The second-order valence-corrected chi connectivity index (χ2v) is 11.2. The minimum Gasteiger partial charge on any atom is -0.351 e. The van der Waals surface area contributed by atoms with Gasteiger partial charge in [0.1, 0.15) is 0 Å². The first-order chi connectivity index (χ1) is 18.9. The molecule has 4 heterocycles. The monoisotopic (exact) mass is 545 g/mol. The van der Waals surface area contributed by atoms with Crippen molar-refractivity contribution in [1.82, 2.24) is 30.3 Å². The molecule has 1 saturated carbocycles. The van der Waals surface area contributed by atoms with E-state index >= 15 is 0 Å². The molecule has 6 rings (SSSR count). The molecule has 1 amide bonds. The molecule has 0 radical (unpaired) electrons. The zero-order valence-corrected chi connectivity index (χ0v) is 22.9. The third-order valence-corrected chi connectivity index (χ3v) is 7.92. The van der Waals surface area contributed by atoms with E-state index < -0.39 is 12.3 Å². The van der Waals surface area contributed by atoms with Crippen LogP contribution in [0.1, 0.15) is 50.0 Å². The summed E-state index contributed by atoms with van der Waals surface area (Å²) in [4.78, 5) is 33.4. The molecule has 4 aromatic rings. The number of hydrogen-bond donors (Lipinski definition) is 2. The Hall–Kier alpha value is -3.69. The molecule has 2 N–H and O–H groups in total. The quantitative estimate of drug-likeness (QED) is 0.300. The third-order valence-electron chi connectivity index (χ3n) is 7.71. The molecule has 1 aliphatic carbocycles. The molecule has 10 heteroatoms. The van der Waals surface area contributed by atoms with Crippen LogP contribution >= 0.6 is 11.6 Å². The van der Waals surface area contributed by atoms with Crippen LogP contribution in [-0.2, 0) is 17.9 Å². The number of carbonyl (C=O) groups is 1. The Kier molecular flexibility index (Phi) is 7.10. The molecule has 39 heavy (non-hydrogen) atoms. The summed E-state index contributed by atoms with van der Waals surface area (Å²) in [5.74, 6) is 2.20. The highest BCUT2D eigenvalue weighted by Gasteiger charge is 2.29. The summed E-state index contributed by atoms with van der Waals surface area (Å²) < 4.78 is 2.32. The minimum atomic E-state index is -0.594. The van der Waals surface area contributed by atoms with E-state index in [1.165, 1.54) is 31.2 Å². The summed E-state index contributed by atoms with van der Waals surface area (Å²) in [5, 5.41) is 3.28. The first-order valence-corrected chi connectivity index (χ1v) is 13.8. The number of hydroxylamine groups is 1. The van der Waals surface area contributed by atoms with Crippen LogP contribution in [0.5, 0.6) is 0 Å². The van der Waals surface area contributed by atoms with Crippen LogP contribution in [0, 0.1) is 11.8 Å². The van der Waals surface area contributed by atoms with Gasteiger partial charge in [-0.2, -0.15) is 0 Å². The van der Waals surface area contributed by atoms with Gasteiger partial charge in [-0.05, 0) is 42.4 Å². The summed E-state index contributed by atoms with van der Waals surface area (Å²) >= 11 is 6.38. The van der Waals surface area contributed by atoms with Crippen LogP contribution in [-0.4, -0.2) is 32.7 Å². The van der Waals surface area contributed by atoms with Crippen LogP contribution in [0.15, 0.2) is 54.9 Å². The largest absolute Gasteiger partial charge is 0.427 e. The molecule has 0 spiro atoms. The summed E-state index contributed by atoms with van der Waals surface area (Å²) in [6.45, 7) is 3.91. The number of carbonyl (C=O) groups excluding carboxylic acids is 1. The first-order valence-electron chi connectivity index (χ1n) is 13.4. The molecule has 9 nitrogen and oxygen atoms in total. The van der Waals surface area contributed by atoms with Crippen molar-refractivity contribution in [2.75, 3.05) is 11.9 Å². The lowest BCUT2D eigenvalue weighted by Gasteiger charge is -2.28. The average Bonchev–Trinajstić information content (AvgIpc) is 3.54. The predicted octanol–water partition coefficient (Wildman–Crippen LogP) is 5.85. The fraction of sp³-hybridized carbons (Fsp3) is 0.379. The van der Waals surface area contributed by atoms with Crippen molar-refractivity contribution < 1.29 is 9.63 Å². The number of rotatable bonds is 7. The van der Waals surface area contributed by atoms with Gasteiger partial charge >= 0.3 is 6.09 Å². The lowest BCUT2D eigenvalue weighted by molar-refractivity contribution is 0.121. The van der Waals surface area contributed by atoms with E-state index in [-0.39, 0.29) is 0 Å². The number of nitrogens with one attached hydrogen (secondary N) is 2. The van der Waals surface area contributed by atoms with Crippen LogP contribution in [0.4, 0.5) is 10.7 Å². The molecule has 0 bridgehead atoms. The molecule has 202 valence electrons. The second kappa shape index (κ2) is 10.8. The van der Waals surface area contributed by atoms with Crippen molar-refractivity contribution >= 4 is 34.7 Å². The molecule has 1 saturated heterocycles. The van der Waals surface area contributed by atoms with Gasteiger partial charge in [-0.15, -0.1) is 5.48 Å². The molecule has 1 aromatic carbocycles. The standard InChI is InChI=1S/C29H32ClN7O2/c1-18-8-10-20(11-9-18)17-37-26-23(33-28(37)36(2)16-19-6-4-3-5-7-19)13-24(27-34-29(38)39-35-27)32-25(26)21-12-22(30)15-31-14-21/h3-7,12-15,18,20,27,35H,8-11,16-17H2,1-2H3,(H,34,38). The Labute approximate surface area is 232 Å². The Morgan fingerprint density at radius 3 is 2.62 bits per heavy atom. The Morgan fingerprint density at radius 1 is 1.10 bits per heavy atom. The molecule has 1 unspecified atom stereocenters. The molecular formula is C29H32ClN7O2. The maximum absolute atomic E-state index is 11.8. The van der Waals surface area contributed by atoms with Gasteiger partial charge in [0.2, 0.25) is 5.95 Å². The van der Waals surface area contributed by atoms with Gasteiger partial charge in [-0.1, -0.05) is 61.7 Å². The van der Waals surface area contributed by atoms with E-state index in [1.54, 1.807) is 12.4 Å². The topological polar surface area (TPSA) is 97.2 Å². The Balaban J connectivity index is 1.51. The van der Waals surface area contributed by atoms with E-state index in [2.05, 4.69) is 63.5 Å². The van der Waals surface area contributed by atoms with Gasteiger partial charge in [0.25, 0.3) is 0 Å². The van der Waals surface area contributed by atoms with Crippen LogP contribution < -0.4 is 15.7 Å². The number of amides is 1. The van der Waals surface area contributed by atoms with Crippen LogP contribution in [0.25, 0.3) is 22.3 Å². The summed E-state index contributed by atoms with van der Waals surface area (Å²) in [5.41, 5.74) is 7.74. The molecule has 2 aliphatic rings. The van der Waals surface area contributed by atoms with Crippen molar-refractivity contribution in [2.45, 2.75) is 51.9 Å². The number of benzene rings is 1. The smallest absolute Gasteiger partial charge is 0.351 e. The Morgan fingerprint density at radius 2 is 1.90 bits per heavy atom. The molecule has 1 atom stereocenters. The van der Waals surface area contributed by atoms with Gasteiger partial charge in [0, 0.05) is 38.1 Å². The van der Waals surface area contributed by atoms with Crippen molar-refractivity contribution in [3.8, 4) is 11.3 Å². The SMILES string of the molecule is CC1CCC(Cn2c(N(C)Cc3ccccc3)nc3cc(C4NOC(=O)N4)nc(-c4cncc(Cl)c4)c32)CC1. The van der Waals surface area contributed by atoms with Gasteiger partial charge < -0.3 is 14.3 Å². The van der Waals surface area contributed by atoms with Crippen LogP contribution in [0.3, 0.4) is 0 Å². The number of nitrogens with zero attached hydrogens (tertiary/aromatic N) is 5. The third kappa shape index (κ3) is 5.42. The number of halogens is 1. The molecular weight excluding hydrogens is 514 g/mol. The number of pyridine rings is 2. The van der Waals surface area contributed by atoms with Gasteiger partial charge in [-0.25, -0.2) is 14.8 Å². The summed E-state index contributed by atoms with van der Waals surface area (Å²) in [6, 6.07) is 14.2. The number of aromatic nitrogens is 4. The van der Waals surface area contributed by atoms with Gasteiger partial charge in [-0.3, -0.25) is 10.3 Å². The fourth-order valence-corrected chi connectivity index (χ4v) is 5.81. The highest BCUT2D eigenvalue weighted by atomic mass is 35.5. The normalized spacial score (nSPS) is 21.1. The second-order valence-electron chi connectivity index (χ2n) is 10.7. The lowest BCUT2D eigenvalue weighted by atomic mass is 9.83. The number of imidazole rings is 1. The van der Waals surface area contributed by atoms with Crippen molar-refractivity contribution in [1.29, 1.82) is 0 Å². The Bertz CT molecular complexity index is 1480. The molecule has 2 fully saturated rings. The van der Waals surface area contributed by atoms with Gasteiger partial charge in [0.15, 0.2) is 6.17 Å². The number of fused-ring (bicyclic) bond motifs is 1. The maximum atomic E-state index is 11.8. The van der Waals surface area contributed by atoms with Crippen molar-refractivity contribution in [2.24, 2.45) is 11.8 Å². The predicted molar refractivity (Wildman–Crippen MR) is 151 cm³/mol. The number of hydrogen-bond acceptors (Lipinski definition) is 7. The van der Waals surface area contributed by atoms with E-state index in [9.17, 15) is 4.79 Å². The van der Waals surface area contributed by atoms with Crippen LogP contribution in [0.2, 0.25) is 5.02 Å². The first kappa shape index (κ1) is 25.6. The average molecular weight is 546 g/mol. The lowest BCUT2D eigenvalue weighted by Crippen LogP contribution is -2.24. The summed E-state index contributed by atoms with van der Waals surface area (Å²) in [7, 11) is 2.08. The zero-order valence-electron chi connectivity index (χ0n) is 22.1. The molecule has 3 aromatic heterocycles. The maximum Gasteiger partial charge on any atom is 0.427 e. The van der Waals surface area contributed by atoms with E-state index in [0.717, 1.165) is 40.7 Å². The van der Waals surface area contributed by atoms with Gasteiger partial charge in [0.05, 0.1) is 27.4 Å². The minimum absolute atomic E-state index is 0.525. The van der Waals surface area contributed by atoms with E-state index in [0.29, 0.717) is 23.2 Å².